The second kappa shape index (κ2) is 8.61. The Labute approximate surface area is 136 Å². The van der Waals surface area contributed by atoms with Gasteiger partial charge in [0, 0.05) is 18.6 Å². The van der Waals surface area contributed by atoms with Gasteiger partial charge in [0.2, 0.25) is 5.91 Å². The summed E-state index contributed by atoms with van der Waals surface area (Å²) in [6, 6.07) is 16.0. The molecule has 0 unspecified atom stereocenters. The Balaban J connectivity index is 1.81. The van der Waals surface area contributed by atoms with Gasteiger partial charge < -0.3 is 10.1 Å². The number of carbonyl (C=O) groups excluding carboxylic acids is 1. The minimum Gasteiger partial charge on any atom is -0.380 e. The molecule has 0 aliphatic rings. The molecule has 22 heavy (non-hydrogen) atoms. The van der Waals surface area contributed by atoms with E-state index < -0.39 is 0 Å². The van der Waals surface area contributed by atoms with Crippen molar-refractivity contribution < 1.29 is 9.53 Å². The van der Waals surface area contributed by atoms with Crippen molar-refractivity contribution >= 4 is 23.4 Å². The van der Waals surface area contributed by atoms with E-state index in [4.69, 9.17) is 4.74 Å². The summed E-state index contributed by atoms with van der Waals surface area (Å²) in [4.78, 5) is 12.0. The topological polar surface area (TPSA) is 38.3 Å². The van der Waals surface area contributed by atoms with Crippen molar-refractivity contribution in [3.05, 3.63) is 65.2 Å². The van der Waals surface area contributed by atoms with E-state index in [1.165, 1.54) is 11.1 Å². The number of amides is 1. The van der Waals surface area contributed by atoms with Crippen LogP contribution in [0.4, 0.5) is 5.69 Å². The minimum absolute atomic E-state index is 0.0214. The zero-order valence-electron chi connectivity index (χ0n) is 13.0. The predicted molar refractivity (Wildman–Crippen MR) is 93.1 cm³/mol. The van der Waals surface area contributed by atoms with Crippen molar-refractivity contribution in [3.63, 3.8) is 0 Å². The number of anilines is 1. The zero-order chi connectivity index (χ0) is 15.8. The molecule has 0 atom stereocenters. The van der Waals surface area contributed by atoms with Crippen LogP contribution in [-0.2, 0) is 21.9 Å². The van der Waals surface area contributed by atoms with Gasteiger partial charge in [-0.2, -0.15) is 0 Å². The fraction of sp³-hybridized carbons (Fsp3) is 0.278. The van der Waals surface area contributed by atoms with Gasteiger partial charge in [-0.15, -0.1) is 11.8 Å². The molecular formula is C18H21NO2S. The number of hydrogen-bond acceptors (Lipinski definition) is 3. The lowest BCUT2D eigenvalue weighted by Gasteiger charge is -2.08. The molecule has 2 aromatic rings. The molecule has 0 aliphatic heterocycles. The van der Waals surface area contributed by atoms with Crippen LogP contribution in [0.1, 0.15) is 16.7 Å². The van der Waals surface area contributed by atoms with Crippen LogP contribution in [0, 0.1) is 6.92 Å². The summed E-state index contributed by atoms with van der Waals surface area (Å²) >= 11 is 1.63. The third-order valence-electron chi connectivity index (χ3n) is 3.27. The van der Waals surface area contributed by atoms with Crippen LogP contribution in [-0.4, -0.2) is 18.8 Å². The number of rotatable bonds is 7. The first-order chi connectivity index (χ1) is 10.7. The van der Waals surface area contributed by atoms with Crippen molar-refractivity contribution in [2.24, 2.45) is 0 Å². The highest BCUT2D eigenvalue weighted by Gasteiger charge is 2.05. The number of carbonyl (C=O) groups is 1. The average Bonchev–Trinajstić information content (AvgIpc) is 2.50. The van der Waals surface area contributed by atoms with Crippen molar-refractivity contribution in [2.75, 3.05) is 18.2 Å². The quantitative estimate of drug-likeness (QED) is 0.839. The molecule has 0 saturated heterocycles. The van der Waals surface area contributed by atoms with E-state index in [0.29, 0.717) is 12.4 Å². The zero-order valence-corrected chi connectivity index (χ0v) is 13.8. The second-order valence-corrected chi connectivity index (χ2v) is 6.09. The fourth-order valence-corrected chi connectivity index (χ4v) is 3.03. The Hall–Kier alpha value is -1.78. The number of thioether (sulfide) groups is 1. The normalized spacial score (nSPS) is 10.5. The van der Waals surface area contributed by atoms with Crippen molar-refractivity contribution in [1.82, 2.24) is 0 Å². The van der Waals surface area contributed by atoms with E-state index in [0.717, 1.165) is 17.0 Å². The van der Waals surface area contributed by atoms with E-state index in [9.17, 15) is 4.79 Å². The number of benzene rings is 2. The van der Waals surface area contributed by atoms with E-state index in [2.05, 4.69) is 24.4 Å². The van der Waals surface area contributed by atoms with Gasteiger partial charge in [-0.25, -0.2) is 0 Å². The molecule has 0 aliphatic carbocycles. The largest absolute Gasteiger partial charge is 0.380 e. The number of nitrogens with one attached hydrogen (secondary N) is 1. The first kappa shape index (κ1) is 16.6. The molecule has 2 rings (SSSR count). The maximum Gasteiger partial charge on any atom is 0.234 e. The first-order valence-corrected chi connectivity index (χ1v) is 8.34. The summed E-state index contributed by atoms with van der Waals surface area (Å²) in [5.41, 5.74) is 4.41. The molecule has 0 saturated carbocycles. The van der Waals surface area contributed by atoms with E-state index in [-0.39, 0.29) is 5.91 Å². The van der Waals surface area contributed by atoms with Gasteiger partial charge >= 0.3 is 0 Å². The van der Waals surface area contributed by atoms with E-state index in [1.807, 2.05) is 36.4 Å². The number of aryl methyl sites for hydroxylation is 1. The third-order valence-corrected chi connectivity index (χ3v) is 4.26. The minimum atomic E-state index is 0.0214. The van der Waals surface area contributed by atoms with Crippen LogP contribution in [0.15, 0.2) is 48.5 Å². The Morgan fingerprint density at radius 2 is 2.00 bits per heavy atom. The molecule has 4 heteroatoms. The van der Waals surface area contributed by atoms with Crippen LogP contribution in [0.25, 0.3) is 0 Å². The molecule has 0 fully saturated rings. The molecule has 116 valence electrons. The maximum atomic E-state index is 12.0. The summed E-state index contributed by atoms with van der Waals surface area (Å²) in [5, 5.41) is 2.93. The van der Waals surface area contributed by atoms with Gasteiger partial charge in [-0.3, -0.25) is 4.79 Å². The molecule has 3 nitrogen and oxygen atoms in total. The molecule has 1 amide bonds. The van der Waals surface area contributed by atoms with Crippen LogP contribution in [0.2, 0.25) is 0 Å². The van der Waals surface area contributed by atoms with Gasteiger partial charge in [0.05, 0.1) is 12.4 Å². The highest BCUT2D eigenvalue weighted by Crippen LogP contribution is 2.17. The molecule has 2 aromatic carbocycles. The highest BCUT2D eigenvalue weighted by molar-refractivity contribution is 7.99. The molecule has 0 aromatic heterocycles. The summed E-state index contributed by atoms with van der Waals surface area (Å²) in [7, 11) is 1.66. The van der Waals surface area contributed by atoms with Crippen molar-refractivity contribution in [1.29, 1.82) is 0 Å². The highest BCUT2D eigenvalue weighted by atomic mass is 32.2. The van der Waals surface area contributed by atoms with Crippen molar-refractivity contribution in [3.8, 4) is 0 Å². The standard InChI is InChI=1S/C18H21NO2S/c1-14-6-3-4-8-16(14)12-22-13-18(20)19-17-9-5-7-15(10-17)11-21-2/h3-10H,11-13H2,1-2H3,(H,19,20). The van der Waals surface area contributed by atoms with Crippen LogP contribution in [0.3, 0.4) is 0 Å². The van der Waals surface area contributed by atoms with Gasteiger partial charge in [0.15, 0.2) is 0 Å². The number of ether oxygens (including phenoxy) is 1. The number of methoxy groups -OCH3 is 1. The fourth-order valence-electron chi connectivity index (χ4n) is 2.13. The smallest absolute Gasteiger partial charge is 0.234 e. The van der Waals surface area contributed by atoms with Gasteiger partial charge in [-0.05, 0) is 35.7 Å². The second-order valence-electron chi connectivity index (χ2n) is 5.10. The first-order valence-electron chi connectivity index (χ1n) is 7.19. The van der Waals surface area contributed by atoms with Gasteiger partial charge in [-0.1, -0.05) is 36.4 Å². The Morgan fingerprint density at radius 1 is 1.18 bits per heavy atom. The molecular weight excluding hydrogens is 294 g/mol. The van der Waals surface area contributed by atoms with Crippen LogP contribution < -0.4 is 5.32 Å². The third kappa shape index (κ3) is 5.20. The number of hydrogen-bond donors (Lipinski definition) is 1. The Kier molecular flexibility index (Phi) is 6.49. The summed E-state index contributed by atoms with van der Waals surface area (Å²) in [5.74, 6) is 1.32. The molecule has 0 radical (unpaired) electrons. The van der Waals surface area contributed by atoms with Gasteiger partial charge in [0.1, 0.15) is 0 Å². The Bertz CT molecular complexity index is 628. The van der Waals surface area contributed by atoms with Gasteiger partial charge in [0.25, 0.3) is 0 Å². The van der Waals surface area contributed by atoms with Crippen molar-refractivity contribution in [2.45, 2.75) is 19.3 Å². The average molecular weight is 315 g/mol. The monoisotopic (exact) mass is 315 g/mol. The SMILES string of the molecule is COCc1cccc(NC(=O)CSCc2ccccc2C)c1. The lowest BCUT2D eigenvalue weighted by molar-refractivity contribution is -0.113. The summed E-state index contributed by atoms with van der Waals surface area (Å²) < 4.78 is 5.10. The van der Waals surface area contributed by atoms with Crippen LogP contribution >= 0.6 is 11.8 Å². The van der Waals surface area contributed by atoms with E-state index in [1.54, 1.807) is 18.9 Å². The lowest BCUT2D eigenvalue weighted by Crippen LogP contribution is -2.14. The Morgan fingerprint density at radius 3 is 2.77 bits per heavy atom. The predicted octanol–water partition coefficient (Wildman–Crippen LogP) is 4.01. The lowest BCUT2D eigenvalue weighted by atomic mass is 10.1. The molecule has 1 N–H and O–H groups in total. The summed E-state index contributed by atoms with van der Waals surface area (Å²) in [6.07, 6.45) is 0. The van der Waals surface area contributed by atoms with E-state index >= 15 is 0 Å². The molecule has 0 bridgehead atoms. The maximum absolute atomic E-state index is 12.0. The molecule has 0 heterocycles. The van der Waals surface area contributed by atoms with Crippen LogP contribution in [0.5, 0.6) is 0 Å². The molecule has 0 spiro atoms. The summed E-state index contributed by atoms with van der Waals surface area (Å²) in [6.45, 7) is 2.64.